The van der Waals surface area contributed by atoms with E-state index in [1.807, 2.05) is 18.2 Å². The molecule has 0 saturated heterocycles. The normalized spacial score (nSPS) is 12.9. The van der Waals surface area contributed by atoms with Gasteiger partial charge >= 0.3 is 0 Å². The van der Waals surface area contributed by atoms with Crippen molar-refractivity contribution in [3.63, 3.8) is 0 Å². The Kier molecular flexibility index (Phi) is 5.58. The molecule has 0 amide bonds. The van der Waals surface area contributed by atoms with Crippen LogP contribution >= 0.6 is 27.5 Å². The van der Waals surface area contributed by atoms with Gasteiger partial charge in [0.25, 0.3) is 0 Å². The van der Waals surface area contributed by atoms with Gasteiger partial charge in [0.05, 0.1) is 10.5 Å². The summed E-state index contributed by atoms with van der Waals surface area (Å²) in [5, 5.41) is 7.57. The van der Waals surface area contributed by atoms with Gasteiger partial charge in [-0.2, -0.15) is 4.98 Å². The minimum absolute atomic E-state index is 0.0432. The standard InChI is InChI=1S/C20H21BrClFN4/c1-11(20(2,3)4)24-18-13-6-5-7-14(21)17(13)26-19(27-18)25-12-8-9-16(23)15(22)10-12/h5-11H,1-4H3,(H2,24,25,26,27)/t11-/m1/s1. The highest BCUT2D eigenvalue weighted by Gasteiger charge is 2.22. The van der Waals surface area contributed by atoms with Crippen LogP contribution in [0.4, 0.5) is 21.8 Å². The lowest BCUT2D eigenvalue weighted by atomic mass is 9.88. The number of halogens is 3. The largest absolute Gasteiger partial charge is 0.366 e. The van der Waals surface area contributed by atoms with Gasteiger partial charge in [0, 0.05) is 21.6 Å². The van der Waals surface area contributed by atoms with E-state index >= 15 is 0 Å². The molecule has 2 N–H and O–H groups in total. The third kappa shape index (κ3) is 4.50. The second kappa shape index (κ2) is 7.60. The average Bonchev–Trinajstić information content (AvgIpc) is 2.58. The van der Waals surface area contributed by atoms with Crippen molar-refractivity contribution in [2.24, 2.45) is 5.41 Å². The van der Waals surface area contributed by atoms with Gasteiger partial charge in [0.1, 0.15) is 11.6 Å². The minimum atomic E-state index is -0.467. The number of nitrogens with one attached hydrogen (secondary N) is 2. The van der Waals surface area contributed by atoms with Gasteiger partial charge in [-0.1, -0.05) is 38.4 Å². The van der Waals surface area contributed by atoms with Crippen molar-refractivity contribution in [3.8, 4) is 0 Å². The lowest BCUT2D eigenvalue weighted by molar-refractivity contribution is 0.359. The molecule has 1 heterocycles. The Morgan fingerprint density at radius 3 is 2.56 bits per heavy atom. The van der Waals surface area contributed by atoms with Crippen LogP contribution in [-0.2, 0) is 0 Å². The Morgan fingerprint density at radius 1 is 1.15 bits per heavy atom. The molecule has 0 bridgehead atoms. The van der Waals surface area contributed by atoms with Crippen LogP contribution < -0.4 is 10.6 Å². The van der Waals surface area contributed by atoms with Gasteiger partial charge in [0.15, 0.2) is 0 Å². The van der Waals surface area contributed by atoms with Crippen molar-refractivity contribution >= 4 is 55.9 Å². The zero-order chi connectivity index (χ0) is 19.8. The highest BCUT2D eigenvalue weighted by Crippen LogP contribution is 2.31. The molecule has 0 radical (unpaired) electrons. The SMILES string of the molecule is C[C@@H](Nc1nc(Nc2ccc(F)c(Cl)c2)nc2c(Br)cccc12)C(C)(C)C. The second-order valence-corrected chi connectivity index (χ2v) is 8.78. The molecule has 4 nitrogen and oxygen atoms in total. The molecule has 2 aromatic carbocycles. The molecule has 3 rings (SSSR count). The number of benzene rings is 2. The van der Waals surface area contributed by atoms with Crippen LogP contribution in [0.5, 0.6) is 0 Å². The third-order valence-electron chi connectivity index (χ3n) is 4.51. The topological polar surface area (TPSA) is 49.8 Å². The van der Waals surface area contributed by atoms with E-state index < -0.39 is 5.82 Å². The van der Waals surface area contributed by atoms with Crippen LogP contribution in [0.3, 0.4) is 0 Å². The summed E-state index contributed by atoms with van der Waals surface area (Å²) in [5.41, 5.74) is 1.45. The van der Waals surface area contributed by atoms with Crippen LogP contribution in [-0.4, -0.2) is 16.0 Å². The Labute approximate surface area is 171 Å². The van der Waals surface area contributed by atoms with E-state index in [1.165, 1.54) is 12.1 Å². The Hall–Kier alpha value is -1.92. The van der Waals surface area contributed by atoms with Gasteiger partial charge in [-0.3, -0.25) is 0 Å². The van der Waals surface area contributed by atoms with Gasteiger partial charge < -0.3 is 10.6 Å². The highest BCUT2D eigenvalue weighted by molar-refractivity contribution is 9.10. The first-order valence-corrected chi connectivity index (χ1v) is 9.77. The van der Waals surface area contributed by atoms with Crippen molar-refractivity contribution in [1.82, 2.24) is 9.97 Å². The predicted octanol–water partition coefficient (Wildman–Crippen LogP) is 6.77. The van der Waals surface area contributed by atoms with Gasteiger partial charge in [-0.05, 0) is 58.6 Å². The monoisotopic (exact) mass is 450 g/mol. The zero-order valence-electron chi connectivity index (χ0n) is 15.6. The third-order valence-corrected chi connectivity index (χ3v) is 5.43. The summed E-state index contributed by atoms with van der Waals surface area (Å²) in [6, 6.07) is 10.5. The van der Waals surface area contributed by atoms with Gasteiger partial charge in [-0.25, -0.2) is 9.37 Å². The van der Waals surface area contributed by atoms with Crippen molar-refractivity contribution in [1.29, 1.82) is 0 Å². The van der Waals surface area contributed by atoms with E-state index in [9.17, 15) is 4.39 Å². The summed E-state index contributed by atoms with van der Waals surface area (Å²) < 4.78 is 14.3. The van der Waals surface area contributed by atoms with E-state index in [1.54, 1.807) is 6.07 Å². The van der Waals surface area contributed by atoms with E-state index in [2.05, 4.69) is 64.2 Å². The number of para-hydroxylation sites is 1. The first kappa shape index (κ1) is 19.8. The van der Waals surface area contributed by atoms with Crippen molar-refractivity contribution < 1.29 is 4.39 Å². The molecule has 0 spiro atoms. The molecule has 7 heteroatoms. The van der Waals surface area contributed by atoms with Crippen LogP contribution in [0.2, 0.25) is 5.02 Å². The quantitative estimate of drug-likeness (QED) is 0.459. The van der Waals surface area contributed by atoms with Crippen LogP contribution in [0.15, 0.2) is 40.9 Å². The van der Waals surface area contributed by atoms with E-state index in [4.69, 9.17) is 11.6 Å². The highest BCUT2D eigenvalue weighted by atomic mass is 79.9. The molecular weight excluding hydrogens is 431 g/mol. The van der Waals surface area contributed by atoms with Gasteiger partial charge in [-0.15, -0.1) is 0 Å². The summed E-state index contributed by atoms with van der Waals surface area (Å²) in [6.45, 7) is 8.63. The number of hydrogen-bond acceptors (Lipinski definition) is 4. The maximum atomic E-state index is 13.4. The fourth-order valence-electron chi connectivity index (χ4n) is 2.41. The maximum Gasteiger partial charge on any atom is 0.229 e. The smallest absolute Gasteiger partial charge is 0.229 e. The molecule has 3 aromatic rings. The minimum Gasteiger partial charge on any atom is -0.366 e. The summed E-state index contributed by atoms with van der Waals surface area (Å²) in [5.74, 6) is 0.672. The number of hydrogen-bond donors (Lipinski definition) is 2. The van der Waals surface area contributed by atoms with Crippen molar-refractivity contribution in [2.75, 3.05) is 10.6 Å². The number of rotatable bonds is 4. The molecule has 0 fully saturated rings. The Bertz CT molecular complexity index is 988. The molecule has 142 valence electrons. The first-order chi connectivity index (χ1) is 12.6. The molecule has 0 aliphatic heterocycles. The van der Waals surface area contributed by atoms with Gasteiger partial charge in [0.2, 0.25) is 5.95 Å². The van der Waals surface area contributed by atoms with E-state index in [0.717, 1.165) is 21.2 Å². The van der Waals surface area contributed by atoms with Crippen LogP contribution in [0, 0.1) is 11.2 Å². The molecule has 0 aliphatic rings. The van der Waals surface area contributed by atoms with Crippen LogP contribution in [0.25, 0.3) is 10.9 Å². The Balaban J connectivity index is 2.05. The molecule has 27 heavy (non-hydrogen) atoms. The summed E-state index contributed by atoms with van der Waals surface area (Å²) in [6.07, 6.45) is 0. The lowest BCUT2D eigenvalue weighted by Gasteiger charge is -2.29. The van der Waals surface area contributed by atoms with Crippen molar-refractivity contribution in [2.45, 2.75) is 33.7 Å². The predicted molar refractivity (Wildman–Crippen MR) is 114 cm³/mol. The summed E-state index contributed by atoms with van der Waals surface area (Å²) in [7, 11) is 0. The number of fused-ring (bicyclic) bond motifs is 1. The average molecular weight is 452 g/mol. The maximum absolute atomic E-state index is 13.4. The zero-order valence-corrected chi connectivity index (χ0v) is 17.9. The molecular formula is C20H21BrClFN4. The number of nitrogens with zero attached hydrogens (tertiary/aromatic N) is 2. The van der Waals surface area contributed by atoms with Crippen LogP contribution in [0.1, 0.15) is 27.7 Å². The molecule has 1 aromatic heterocycles. The fraction of sp³-hybridized carbons (Fsp3) is 0.300. The van der Waals surface area contributed by atoms with E-state index in [0.29, 0.717) is 11.6 Å². The fourth-order valence-corrected chi connectivity index (χ4v) is 3.04. The summed E-state index contributed by atoms with van der Waals surface area (Å²) in [4.78, 5) is 9.26. The first-order valence-electron chi connectivity index (χ1n) is 8.60. The molecule has 1 atom stereocenters. The van der Waals surface area contributed by atoms with Crippen molar-refractivity contribution in [3.05, 3.63) is 51.7 Å². The second-order valence-electron chi connectivity index (χ2n) is 7.52. The number of anilines is 3. The number of aromatic nitrogens is 2. The molecule has 0 saturated carbocycles. The van der Waals surface area contributed by atoms with E-state index in [-0.39, 0.29) is 16.5 Å². The molecule has 0 aliphatic carbocycles. The summed E-state index contributed by atoms with van der Waals surface area (Å²) >= 11 is 9.44. The molecule has 0 unspecified atom stereocenters. The Morgan fingerprint density at radius 2 is 1.89 bits per heavy atom. The lowest BCUT2D eigenvalue weighted by Crippen LogP contribution is -2.31.